The van der Waals surface area contributed by atoms with Gasteiger partial charge in [0.25, 0.3) is 0 Å². The van der Waals surface area contributed by atoms with Crippen molar-refractivity contribution >= 4 is 5.96 Å². The molecule has 0 amide bonds. The van der Waals surface area contributed by atoms with Gasteiger partial charge in [-0.1, -0.05) is 55.5 Å². The molecule has 1 fully saturated rings. The largest absolute Gasteiger partial charge is 0.496 e. The topological polar surface area (TPSA) is 46.1 Å². The summed E-state index contributed by atoms with van der Waals surface area (Å²) in [5, 5.41) is 3.54. The van der Waals surface area contributed by atoms with Crippen molar-refractivity contribution in [3.05, 3.63) is 65.7 Å². The van der Waals surface area contributed by atoms with Crippen LogP contribution in [0.25, 0.3) is 0 Å². The molecule has 0 aromatic heterocycles. The first kappa shape index (κ1) is 21.2. The third kappa shape index (κ3) is 5.97. The van der Waals surface area contributed by atoms with E-state index in [1.165, 1.54) is 11.1 Å². The van der Waals surface area contributed by atoms with Gasteiger partial charge in [0.2, 0.25) is 0 Å². The molecule has 1 N–H and O–H groups in total. The van der Waals surface area contributed by atoms with E-state index in [2.05, 4.69) is 58.5 Å². The summed E-state index contributed by atoms with van der Waals surface area (Å²) in [7, 11) is 3.58. The molecular weight excluding hydrogens is 362 g/mol. The fourth-order valence-electron chi connectivity index (χ4n) is 3.84. The van der Waals surface area contributed by atoms with Crippen molar-refractivity contribution in [3.8, 4) is 5.75 Å². The first-order valence-corrected chi connectivity index (χ1v) is 10.4. The van der Waals surface area contributed by atoms with Crippen LogP contribution in [0.1, 0.15) is 30.4 Å². The number of nitrogens with one attached hydrogen (secondary N) is 1. The summed E-state index contributed by atoms with van der Waals surface area (Å²) in [4.78, 5) is 6.84. The number of aliphatic imine (C=N–C) groups is 1. The summed E-state index contributed by atoms with van der Waals surface area (Å²) in [6.45, 7) is 6.50. The highest BCUT2D eigenvalue weighted by Gasteiger charge is 2.25. The van der Waals surface area contributed by atoms with Gasteiger partial charge in [0, 0.05) is 38.5 Å². The Kier molecular flexibility index (Phi) is 7.94. The van der Waals surface area contributed by atoms with Gasteiger partial charge in [-0.2, -0.15) is 0 Å². The normalized spacial score (nSPS) is 18.0. The Balaban J connectivity index is 1.44. The van der Waals surface area contributed by atoms with Crippen molar-refractivity contribution in [2.75, 3.05) is 40.4 Å². The summed E-state index contributed by atoms with van der Waals surface area (Å²) in [6.07, 6.45) is 1.14. The molecule has 0 spiro atoms. The zero-order valence-electron chi connectivity index (χ0n) is 17.8. The van der Waals surface area contributed by atoms with Crippen LogP contribution in [0.15, 0.2) is 59.6 Å². The Morgan fingerprint density at radius 2 is 1.93 bits per heavy atom. The van der Waals surface area contributed by atoms with Crippen molar-refractivity contribution < 1.29 is 9.47 Å². The average molecular weight is 396 g/mol. The molecule has 2 aromatic carbocycles. The lowest BCUT2D eigenvalue weighted by Gasteiger charge is -2.24. The number of likely N-dealkylation sites (tertiary alicyclic amines) is 1. The van der Waals surface area contributed by atoms with E-state index >= 15 is 0 Å². The Morgan fingerprint density at radius 1 is 1.17 bits per heavy atom. The van der Waals surface area contributed by atoms with E-state index in [0.717, 1.165) is 44.4 Å². The van der Waals surface area contributed by atoms with Gasteiger partial charge in [-0.15, -0.1) is 0 Å². The van der Waals surface area contributed by atoms with Crippen LogP contribution in [-0.4, -0.2) is 51.3 Å². The lowest BCUT2D eigenvalue weighted by Crippen LogP contribution is -2.41. The van der Waals surface area contributed by atoms with E-state index in [0.29, 0.717) is 18.4 Å². The number of methoxy groups -OCH3 is 1. The van der Waals surface area contributed by atoms with Crippen molar-refractivity contribution in [3.63, 3.8) is 0 Å². The van der Waals surface area contributed by atoms with Gasteiger partial charge in [-0.05, 0) is 23.6 Å². The van der Waals surface area contributed by atoms with Crippen molar-refractivity contribution in [1.82, 2.24) is 10.2 Å². The Bertz CT molecular complexity index is 779. The molecule has 0 aliphatic carbocycles. The first-order chi connectivity index (χ1) is 14.2. The fraction of sp³-hybridized carbons (Fsp3) is 0.458. The zero-order valence-corrected chi connectivity index (χ0v) is 17.8. The smallest absolute Gasteiger partial charge is 0.193 e. The molecule has 0 saturated carbocycles. The lowest BCUT2D eigenvalue weighted by atomic mass is 10.0. The van der Waals surface area contributed by atoms with Crippen LogP contribution in [0, 0.1) is 5.92 Å². The minimum absolute atomic E-state index is 0.329. The van der Waals surface area contributed by atoms with E-state index in [1.807, 2.05) is 25.2 Å². The van der Waals surface area contributed by atoms with Crippen molar-refractivity contribution in [2.24, 2.45) is 10.9 Å². The second-order valence-electron chi connectivity index (χ2n) is 7.67. The van der Waals surface area contributed by atoms with Gasteiger partial charge in [0.05, 0.1) is 20.3 Å². The Hall–Kier alpha value is -2.53. The van der Waals surface area contributed by atoms with Crippen molar-refractivity contribution in [1.29, 1.82) is 0 Å². The first-order valence-electron chi connectivity index (χ1n) is 10.4. The van der Waals surface area contributed by atoms with Gasteiger partial charge in [0.15, 0.2) is 5.96 Å². The molecule has 2 atom stereocenters. The van der Waals surface area contributed by atoms with Gasteiger partial charge in [0.1, 0.15) is 5.75 Å². The van der Waals surface area contributed by atoms with Crippen LogP contribution in [-0.2, 0) is 11.3 Å². The summed E-state index contributed by atoms with van der Waals surface area (Å²) >= 11 is 0. The molecule has 5 heteroatoms. The molecule has 2 aromatic rings. The maximum absolute atomic E-state index is 5.95. The van der Waals surface area contributed by atoms with E-state index in [-0.39, 0.29) is 0 Å². The summed E-state index contributed by atoms with van der Waals surface area (Å²) < 4.78 is 11.4. The quantitative estimate of drug-likeness (QED) is 0.544. The number of rotatable bonds is 8. The SMILES string of the molecule is CN=C(NCC(C)c1ccccc1OC)N1CCC(COCc2ccccc2)C1. The van der Waals surface area contributed by atoms with E-state index in [9.17, 15) is 0 Å². The van der Waals surface area contributed by atoms with Crippen molar-refractivity contribution in [2.45, 2.75) is 25.9 Å². The molecule has 1 aliphatic heterocycles. The van der Waals surface area contributed by atoms with Crippen LogP contribution in [0.3, 0.4) is 0 Å². The highest BCUT2D eigenvalue weighted by Crippen LogP contribution is 2.25. The van der Waals surface area contributed by atoms with Gasteiger partial charge < -0.3 is 19.7 Å². The zero-order chi connectivity index (χ0) is 20.5. The average Bonchev–Trinajstić information content (AvgIpc) is 3.23. The molecule has 3 rings (SSSR count). The van der Waals surface area contributed by atoms with Gasteiger partial charge in [-0.25, -0.2) is 0 Å². The van der Waals surface area contributed by atoms with Crippen LogP contribution in [0.2, 0.25) is 0 Å². The number of para-hydroxylation sites is 1. The standard InChI is InChI=1S/C24H33N3O2/c1-19(22-11-7-8-12-23(22)28-3)15-26-24(25-2)27-14-13-21(16-27)18-29-17-20-9-5-4-6-10-20/h4-12,19,21H,13-18H2,1-3H3,(H,25,26). The monoisotopic (exact) mass is 395 g/mol. The van der Waals surface area contributed by atoms with Crippen LogP contribution >= 0.6 is 0 Å². The van der Waals surface area contributed by atoms with Crippen LogP contribution < -0.4 is 10.1 Å². The number of benzene rings is 2. The molecule has 1 saturated heterocycles. The molecule has 1 heterocycles. The predicted molar refractivity (Wildman–Crippen MR) is 119 cm³/mol. The number of hydrogen-bond donors (Lipinski definition) is 1. The van der Waals surface area contributed by atoms with Gasteiger partial charge in [-0.3, -0.25) is 4.99 Å². The second kappa shape index (κ2) is 10.9. The molecule has 156 valence electrons. The molecule has 5 nitrogen and oxygen atoms in total. The predicted octanol–water partition coefficient (Wildman–Crippen LogP) is 3.91. The van der Waals surface area contributed by atoms with E-state index < -0.39 is 0 Å². The van der Waals surface area contributed by atoms with Crippen LogP contribution in [0.5, 0.6) is 5.75 Å². The maximum atomic E-state index is 5.95. The summed E-state index contributed by atoms with van der Waals surface area (Å²) in [6, 6.07) is 18.6. The highest BCUT2D eigenvalue weighted by molar-refractivity contribution is 5.80. The number of nitrogens with zero attached hydrogens (tertiary/aromatic N) is 2. The maximum Gasteiger partial charge on any atom is 0.193 e. The Morgan fingerprint density at radius 3 is 2.69 bits per heavy atom. The lowest BCUT2D eigenvalue weighted by molar-refractivity contribution is 0.0906. The molecule has 29 heavy (non-hydrogen) atoms. The second-order valence-corrected chi connectivity index (χ2v) is 7.67. The van der Waals surface area contributed by atoms with Crippen LogP contribution in [0.4, 0.5) is 0 Å². The van der Waals surface area contributed by atoms with E-state index in [1.54, 1.807) is 7.11 Å². The number of guanidine groups is 1. The molecular formula is C24H33N3O2. The third-order valence-electron chi connectivity index (χ3n) is 5.50. The molecule has 0 radical (unpaired) electrons. The van der Waals surface area contributed by atoms with Gasteiger partial charge >= 0.3 is 0 Å². The Labute approximate surface area is 174 Å². The molecule has 2 unspecified atom stereocenters. The molecule has 0 bridgehead atoms. The third-order valence-corrected chi connectivity index (χ3v) is 5.50. The number of hydrogen-bond acceptors (Lipinski definition) is 3. The summed E-state index contributed by atoms with van der Waals surface area (Å²) in [5.41, 5.74) is 2.44. The molecule has 1 aliphatic rings. The minimum atomic E-state index is 0.329. The number of ether oxygens (including phenoxy) is 2. The summed E-state index contributed by atoms with van der Waals surface area (Å²) in [5.74, 6) is 2.78. The van der Waals surface area contributed by atoms with E-state index in [4.69, 9.17) is 9.47 Å². The fourth-order valence-corrected chi connectivity index (χ4v) is 3.84. The minimum Gasteiger partial charge on any atom is -0.496 e. The highest BCUT2D eigenvalue weighted by atomic mass is 16.5.